The minimum atomic E-state index is 0.00331. The van der Waals surface area contributed by atoms with E-state index in [0.29, 0.717) is 13.0 Å². The number of rotatable bonds is 7. The van der Waals surface area contributed by atoms with Crippen molar-refractivity contribution >= 4 is 5.91 Å². The number of hydrogen-bond acceptors (Lipinski definition) is 3. The first-order valence-corrected chi connectivity index (χ1v) is 10.4. The molecule has 4 rings (SSSR count). The number of nitrogens with zero attached hydrogens (tertiary/aromatic N) is 4. The molecule has 0 aliphatic carbocycles. The normalized spacial score (nSPS) is 10.9. The highest BCUT2D eigenvalue weighted by Gasteiger charge is 2.14. The van der Waals surface area contributed by atoms with Gasteiger partial charge >= 0.3 is 0 Å². The monoisotopic (exact) mass is 413 g/mol. The van der Waals surface area contributed by atoms with Gasteiger partial charge in [0, 0.05) is 37.2 Å². The quantitative estimate of drug-likeness (QED) is 0.501. The van der Waals surface area contributed by atoms with Gasteiger partial charge in [-0.25, -0.2) is 0 Å². The smallest absolute Gasteiger partial charge is 0.224 e. The molecular formula is C25H27N5O. The lowest BCUT2D eigenvalue weighted by Crippen LogP contribution is -2.25. The van der Waals surface area contributed by atoms with Gasteiger partial charge in [-0.3, -0.25) is 14.2 Å². The van der Waals surface area contributed by atoms with Gasteiger partial charge in [0.05, 0.1) is 18.7 Å². The van der Waals surface area contributed by atoms with Crippen molar-refractivity contribution in [1.29, 1.82) is 0 Å². The minimum absolute atomic E-state index is 0.00331. The molecule has 0 saturated heterocycles. The van der Waals surface area contributed by atoms with Crippen LogP contribution in [-0.4, -0.2) is 25.5 Å². The second-order valence-corrected chi connectivity index (χ2v) is 7.78. The Bertz CT molecular complexity index is 1170. The van der Waals surface area contributed by atoms with Gasteiger partial charge in [0.25, 0.3) is 0 Å². The summed E-state index contributed by atoms with van der Waals surface area (Å²) in [5, 5.41) is 11.7. The van der Waals surface area contributed by atoms with Crippen LogP contribution in [0.25, 0.3) is 11.1 Å². The Morgan fingerprint density at radius 2 is 1.81 bits per heavy atom. The Kier molecular flexibility index (Phi) is 5.98. The van der Waals surface area contributed by atoms with Crippen molar-refractivity contribution in [1.82, 2.24) is 24.9 Å². The largest absolute Gasteiger partial charge is 0.352 e. The first-order valence-electron chi connectivity index (χ1n) is 10.4. The van der Waals surface area contributed by atoms with Crippen LogP contribution in [0.4, 0.5) is 0 Å². The van der Waals surface area contributed by atoms with E-state index in [9.17, 15) is 4.79 Å². The van der Waals surface area contributed by atoms with E-state index in [-0.39, 0.29) is 5.91 Å². The number of carbonyl (C=O) groups excluding carboxylic acids is 1. The van der Waals surface area contributed by atoms with Crippen LogP contribution in [0.1, 0.15) is 28.1 Å². The Morgan fingerprint density at radius 1 is 1.03 bits per heavy atom. The Labute approximate surface area is 182 Å². The summed E-state index contributed by atoms with van der Waals surface area (Å²) in [5.41, 5.74) is 7.49. The predicted molar refractivity (Wildman–Crippen MR) is 121 cm³/mol. The number of carbonyl (C=O) groups is 1. The van der Waals surface area contributed by atoms with Crippen LogP contribution in [0.2, 0.25) is 0 Å². The van der Waals surface area contributed by atoms with Gasteiger partial charge in [0.1, 0.15) is 0 Å². The molecule has 31 heavy (non-hydrogen) atoms. The zero-order chi connectivity index (χ0) is 21.8. The zero-order valence-electron chi connectivity index (χ0n) is 18.2. The van der Waals surface area contributed by atoms with Crippen LogP contribution in [0.3, 0.4) is 0 Å². The summed E-state index contributed by atoms with van der Waals surface area (Å²) in [6.07, 6.45) is 4.09. The average molecular weight is 414 g/mol. The average Bonchev–Trinajstić information content (AvgIpc) is 3.37. The number of aryl methyl sites for hydroxylation is 2. The zero-order valence-corrected chi connectivity index (χ0v) is 18.2. The van der Waals surface area contributed by atoms with E-state index in [1.807, 2.05) is 54.7 Å². The van der Waals surface area contributed by atoms with Crippen molar-refractivity contribution in [2.24, 2.45) is 7.05 Å². The fourth-order valence-corrected chi connectivity index (χ4v) is 3.82. The lowest BCUT2D eigenvalue weighted by molar-refractivity contribution is -0.120. The highest BCUT2D eigenvalue weighted by Crippen LogP contribution is 2.24. The van der Waals surface area contributed by atoms with Crippen LogP contribution in [-0.2, 0) is 31.4 Å². The fourth-order valence-electron chi connectivity index (χ4n) is 3.82. The van der Waals surface area contributed by atoms with Crippen LogP contribution in [0, 0.1) is 13.8 Å². The molecule has 4 aromatic rings. The van der Waals surface area contributed by atoms with E-state index in [1.54, 1.807) is 6.20 Å². The maximum absolute atomic E-state index is 12.6. The van der Waals surface area contributed by atoms with E-state index in [1.165, 1.54) is 5.56 Å². The summed E-state index contributed by atoms with van der Waals surface area (Å²) in [6, 6.07) is 18.6. The van der Waals surface area contributed by atoms with Crippen molar-refractivity contribution in [2.75, 3.05) is 0 Å². The molecule has 0 saturated carbocycles. The number of aromatic nitrogens is 4. The minimum Gasteiger partial charge on any atom is -0.352 e. The maximum Gasteiger partial charge on any atom is 0.224 e. The predicted octanol–water partition coefficient (Wildman–Crippen LogP) is 3.81. The molecule has 0 unspecified atom stereocenters. The summed E-state index contributed by atoms with van der Waals surface area (Å²) in [5.74, 6) is 0.00331. The SMILES string of the molecule is Cc1nn(C)c(C)c1CC(=O)NCc1ccccc1-c1ccc(Cn2cccn2)cc1. The van der Waals surface area contributed by atoms with Crippen LogP contribution in [0.5, 0.6) is 0 Å². The molecule has 0 aliphatic heterocycles. The number of amides is 1. The molecule has 0 fully saturated rings. The van der Waals surface area contributed by atoms with E-state index < -0.39 is 0 Å². The molecule has 6 heteroatoms. The van der Waals surface area contributed by atoms with Crippen molar-refractivity contribution in [3.05, 3.63) is 95.1 Å². The summed E-state index contributed by atoms with van der Waals surface area (Å²) in [6.45, 7) is 5.18. The second kappa shape index (κ2) is 9.00. The number of nitrogens with one attached hydrogen (secondary N) is 1. The van der Waals surface area contributed by atoms with Crippen LogP contribution < -0.4 is 5.32 Å². The van der Waals surface area contributed by atoms with Crippen molar-refractivity contribution in [3.8, 4) is 11.1 Å². The Morgan fingerprint density at radius 3 is 2.48 bits per heavy atom. The van der Waals surface area contributed by atoms with Gasteiger partial charge < -0.3 is 5.32 Å². The topological polar surface area (TPSA) is 64.7 Å². The molecule has 6 nitrogen and oxygen atoms in total. The summed E-state index contributed by atoms with van der Waals surface area (Å²) in [4.78, 5) is 12.6. The summed E-state index contributed by atoms with van der Waals surface area (Å²) >= 11 is 0. The van der Waals surface area contributed by atoms with Gasteiger partial charge in [0.2, 0.25) is 5.91 Å². The number of benzene rings is 2. The van der Waals surface area contributed by atoms with Gasteiger partial charge in [0.15, 0.2) is 0 Å². The molecule has 0 bridgehead atoms. The molecule has 1 N–H and O–H groups in total. The molecule has 2 aromatic heterocycles. The highest BCUT2D eigenvalue weighted by molar-refractivity contribution is 5.79. The third-order valence-corrected chi connectivity index (χ3v) is 5.66. The van der Waals surface area contributed by atoms with Gasteiger partial charge in [-0.2, -0.15) is 10.2 Å². The van der Waals surface area contributed by atoms with Gasteiger partial charge in [-0.05, 0) is 42.2 Å². The van der Waals surface area contributed by atoms with E-state index >= 15 is 0 Å². The Balaban J connectivity index is 1.44. The second-order valence-electron chi connectivity index (χ2n) is 7.78. The first-order chi connectivity index (χ1) is 15.0. The van der Waals surface area contributed by atoms with Crippen molar-refractivity contribution < 1.29 is 4.79 Å². The highest BCUT2D eigenvalue weighted by atomic mass is 16.1. The lowest BCUT2D eigenvalue weighted by Gasteiger charge is -2.12. The lowest BCUT2D eigenvalue weighted by atomic mass is 9.98. The molecule has 158 valence electrons. The summed E-state index contributed by atoms with van der Waals surface area (Å²) < 4.78 is 3.73. The molecular weight excluding hydrogens is 386 g/mol. The third-order valence-electron chi connectivity index (χ3n) is 5.66. The molecule has 0 atom stereocenters. The van der Waals surface area contributed by atoms with Gasteiger partial charge in [-0.15, -0.1) is 0 Å². The van der Waals surface area contributed by atoms with E-state index in [0.717, 1.165) is 40.2 Å². The van der Waals surface area contributed by atoms with E-state index in [2.05, 4.69) is 51.9 Å². The van der Waals surface area contributed by atoms with E-state index in [4.69, 9.17) is 0 Å². The van der Waals surface area contributed by atoms with Crippen LogP contribution >= 0.6 is 0 Å². The summed E-state index contributed by atoms with van der Waals surface area (Å²) in [7, 11) is 1.90. The molecule has 0 radical (unpaired) electrons. The standard InChI is InChI=1S/C25H27N5O/c1-18-24(19(2)29(3)28-18)15-25(31)26-16-22-7-4-5-8-23(22)21-11-9-20(10-12-21)17-30-14-6-13-27-30/h4-14H,15-17H2,1-3H3,(H,26,31). The molecule has 2 heterocycles. The third kappa shape index (κ3) is 4.74. The maximum atomic E-state index is 12.6. The first kappa shape index (κ1) is 20.6. The van der Waals surface area contributed by atoms with Gasteiger partial charge in [-0.1, -0.05) is 48.5 Å². The fraction of sp³-hybridized carbons (Fsp3) is 0.240. The van der Waals surface area contributed by atoms with Crippen LogP contribution in [0.15, 0.2) is 67.0 Å². The van der Waals surface area contributed by atoms with Crippen molar-refractivity contribution in [2.45, 2.75) is 33.4 Å². The molecule has 0 spiro atoms. The molecule has 2 aromatic carbocycles. The van der Waals surface area contributed by atoms with Crippen molar-refractivity contribution in [3.63, 3.8) is 0 Å². The molecule has 0 aliphatic rings. The number of hydrogen-bond donors (Lipinski definition) is 1. The molecule has 1 amide bonds. The Hall–Kier alpha value is -3.67.